The fraction of sp³-hybridized carbons (Fsp3) is 0.346. The maximum absolute atomic E-state index is 13.4. The van der Waals surface area contributed by atoms with E-state index in [1.54, 1.807) is 41.7 Å². The maximum atomic E-state index is 13.4. The fourth-order valence-corrected chi connectivity index (χ4v) is 7.49. The topological polar surface area (TPSA) is 60.9 Å². The molecule has 0 saturated carbocycles. The molecule has 2 aliphatic heterocycles. The van der Waals surface area contributed by atoms with Crippen molar-refractivity contribution in [2.24, 2.45) is 0 Å². The number of halogens is 1. The Hall–Kier alpha value is -2.23. The molecule has 3 aromatic rings. The van der Waals surface area contributed by atoms with Gasteiger partial charge in [0.25, 0.3) is 0 Å². The van der Waals surface area contributed by atoms with Crippen molar-refractivity contribution >= 4 is 38.9 Å². The van der Waals surface area contributed by atoms with Gasteiger partial charge in [-0.25, -0.2) is 8.42 Å². The number of carbonyl (C=O) groups is 1. The van der Waals surface area contributed by atoms with Gasteiger partial charge in [0.2, 0.25) is 15.9 Å². The van der Waals surface area contributed by atoms with E-state index in [9.17, 15) is 13.2 Å². The van der Waals surface area contributed by atoms with Gasteiger partial charge in [-0.1, -0.05) is 41.9 Å². The van der Waals surface area contributed by atoms with Crippen LogP contribution in [0.3, 0.4) is 0 Å². The Balaban J connectivity index is 1.30. The third kappa shape index (κ3) is 5.17. The summed E-state index contributed by atoms with van der Waals surface area (Å²) in [6.07, 6.45) is 1.54. The smallest absolute Gasteiger partial charge is 0.243 e. The molecule has 9 heteroatoms. The summed E-state index contributed by atoms with van der Waals surface area (Å²) in [5.41, 5.74) is 2.38. The summed E-state index contributed by atoms with van der Waals surface area (Å²) in [7, 11) is -3.56. The minimum Gasteiger partial charge on any atom is -0.340 e. The first kappa shape index (κ1) is 24.5. The summed E-state index contributed by atoms with van der Waals surface area (Å²) in [4.78, 5) is 19.1. The Morgan fingerprint density at radius 1 is 0.943 bits per heavy atom. The number of amides is 1. The molecule has 0 aliphatic carbocycles. The molecule has 5 rings (SSSR count). The molecular formula is C26H28ClN3O3S2. The fourth-order valence-electron chi connectivity index (χ4n) is 4.97. The van der Waals surface area contributed by atoms with E-state index in [4.69, 9.17) is 11.6 Å². The Bertz CT molecular complexity index is 1280. The van der Waals surface area contributed by atoms with E-state index in [-0.39, 0.29) is 11.9 Å². The molecule has 1 saturated heterocycles. The van der Waals surface area contributed by atoms with E-state index in [2.05, 4.69) is 16.3 Å². The van der Waals surface area contributed by atoms with Crippen LogP contribution in [-0.2, 0) is 21.2 Å². The van der Waals surface area contributed by atoms with Gasteiger partial charge >= 0.3 is 0 Å². The van der Waals surface area contributed by atoms with Crippen molar-refractivity contribution in [2.45, 2.75) is 23.8 Å². The molecule has 0 spiro atoms. The number of hydrogen-bond acceptors (Lipinski definition) is 5. The lowest BCUT2D eigenvalue weighted by Crippen LogP contribution is -2.45. The lowest BCUT2D eigenvalue weighted by atomic mass is 9.93. The Morgan fingerprint density at radius 3 is 2.49 bits per heavy atom. The van der Waals surface area contributed by atoms with Crippen LogP contribution in [0.2, 0.25) is 5.02 Å². The molecule has 184 valence electrons. The summed E-state index contributed by atoms with van der Waals surface area (Å²) in [6.45, 7) is 2.77. The second-order valence-electron chi connectivity index (χ2n) is 8.93. The number of benzene rings is 2. The van der Waals surface area contributed by atoms with Crippen molar-refractivity contribution in [1.82, 2.24) is 14.1 Å². The highest BCUT2D eigenvalue weighted by atomic mass is 35.5. The molecular weight excluding hydrogens is 502 g/mol. The van der Waals surface area contributed by atoms with Crippen LogP contribution in [-0.4, -0.2) is 67.7 Å². The van der Waals surface area contributed by atoms with Crippen LogP contribution in [0.15, 0.2) is 70.9 Å². The second-order valence-corrected chi connectivity index (χ2v) is 12.3. The van der Waals surface area contributed by atoms with E-state index in [1.165, 1.54) is 14.7 Å². The first-order chi connectivity index (χ1) is 16.9. The lowest BCUT2D eigenvalue weighted by molar-refractivity contribution is -0.132. The zero-order chi connectivity index (χ0) is 24.4. The highest BCUT2D eigenvalue weighted by molar-refractivity contribution is 7.89. The Kier molecular flexibility index (Phi) is 7.27. The van der Waals surface area contributed by atoms with Gasteiger partial charge < -0.3 is 4.90 Å². The molecule has 1 aromatic heterocycles. The lowest BCUT2D eigenvalue weighted by Gasteiger charge is -2.37. The first-order valence-corrected chi connectivity index (χ1v) is 14.5. The minimum absolute atomic E-state index is 0.00755. The Morgan fingerprint density at radius 2 is 1.71 bits per heavy atom. The average molecular weight is 530 g/mol. The van der Waals surface area contributed by atoms with Gasteiger partial charge in [0.05, 0.1) is 17.5 Å². The van der Waals surface area contributed by atoms with Crippen molar-refractivity contribution in [3.05, 3.63) is 87.1 Å². The second kappa shape index (κ2) is 10.4. The van der Waals surface area contributed by atoms with Crippen molar-refractivity contribution < 1.29 is 13.2 Å². The highest BCUT2D eigenvalue weighted by Gasteiger charge is 2.33. The standard InChI is InChI=1S/C26H28ClN3O3S2/c27-21-9-7-20(8-10-21)26-23-12-18-34-24(23)11-15-29(26)19-25(31)28-13-4-14-30(17-16-28)35(32,33)22-5-2-1-3-6-22/h1-3,5-10,12,18,26H,4,11,13-17,19H2/t26-/m1/s1. The van der Waals surface area contributed by atoms with E-state index in [1.807, 2.05) is 29.2 Å². The van der Waals surface area contributed by atoms with Gasteiger partial charge in [-0.05, 0) is 59.7 Å². The number of thiophene rings is 1. The number of sulfonamides is 1. The van der Waals surface area contributed by atoms with E-state index in [0.717, 1.165) is 18.5 Å². The van der Waals surface area contributed by atoms with Crippen LogP contribution >= 0.6 is 22.9 Å². The van der Waals surface area contributed by atoms with Gasteiger partial charge in [-0.3, -0.25) is 9.69 Å². The maximum Gasteiger partial charge on any atom is 0.243 e. The van der Waals surface area contributed by atoms with E-state index < -0.39 is 10.0 Å². The van der Waals surface area contributed by atoms with Crippen LogP contribution < -0.4 is 0 Å². The largest absolute Gasteiger partial charge is 0.340 e. The van der Waals surface area contributed by atoms with Crippen molar-refractivity contribution in [2.75, 3.05) is 39.3 Å². The average Bonchev–Trinajstić information content (AvgIpc) is 3.20. The van der Waals surface area contributed by atoms with E-state index >= 15 is 0 Å². The summed E-state index contributed by atoms with van der Waals surface area (Å²) in [5, 5.41) is 2.81. The highest BCUT2D eigenvalue weighted by Crippen LogP contribution is 2.38. The van der Waals surface area contributed by atoms with Crippen LogP contribution in [0, 0.1) is 0 Å². The SMILES string of the molecule is O=C(CN1CCc2sccc2[C@H]1c1ccc(Cl)cc1)N1CCCN(S(=O)(=O)c2ccccc2)CC1. The van der Waals surface area contributed by atoms with E-state index in [0.29, 0.717) is 49.1 Å². The summed E-state index contributed by atoms with van der Waals surface area (Å²) >= 11 is 7.90. The third-order valence-corrected chi connectivity index (χ3v) is 9.94. The third-order valence-electron chi connectivity index (χ3n) is 6.78. The molecule has 0 radical (unpaired) electrons. The normalized spacial score (nSPS) is 19.8. The van der Waals surface area contributed by atoms with Crippen LogP contribution in [0.1, 0.15) is 28.5 Å². The zero-order valence-electron chi connectivity index (χ0n) is 19.3. The molecule has 2 aliphatic rings. The van der Waals surface area contributed by atoms with Crippen LogP contribution in [0.5, 0.6) is 0 Å². The molecule has 3 heterocycles. The van der Waals surface area contributed by atoms with Crippen molar-refractivity contribution in [1.29, 1.82) is 0 Å². The van der Waals surface area contributed by atoms with Gasteiger partial charge in [-0.15, -0.1) is 11.3 Å². The molecule has 1 fully saturated rings. The summed E-state index contributed by atoms with van der Waals surface area (Å²) in [6, 6.07) is 18.5. The zero-order valence-corrected chi connectivity index (χ0v) is 21.7. The number of hydrogen-bond donors (Lipinski definition) is 0. The molecule has 35 heavy (non-hydrogen) atoms. The van der Waals surface area contributed by atoms with Crippen molar-refractivity contribution in [3.8, 4) is 0 Å². The number of fused-ring (bicyclic) bond motifs is 1. The van der Waals surface area contributed by atoms with Crippen molar-refractivity contribution in [3.63, 3.8) is 0 Å². The predicted molar refractivity (Wildman–Crippen MR) is 139 cm³/mol. The predicted octanol–water partition coefficient (Wildman–Crippen LogP) is 4.27. The minimum atomic E-state index is -3.56. The van der Waals surface area contributed by atoms with Gasteiger partial charge in [-0.2, -0.15) is 4.31 Å². The molecule has 6 nitrogen and oxygen atoms in total. The summed E-state index contributed by atoms with van der Waals surface area (Å²) < 4.78 is 27.6. The molecule has 2 aromatic carbocycles. The number of carbonyl (C=O) groups excluding carboxylic acids is 1. The molecule has 0 N–H and O–H groups in total. The first-order valence-electron chi connectivity index (χ1n) is 11.8. The summed E-state index contributed by atoms with van der Waals surface area (Å²) in [5.74, 6) is 0.0432. The molecule has 1 amide bonds. The van der Waals surface area contributed by atoms with Gasteiger partial charge in [0.15, 0.2) is 0 Å². The van der Waals surface area contributed by atoms with Gasteiger partial charge in [0, 0.05) is 42.6 Å². The van der Waals surface area contributed by atoms with Crippen LogP contribution in [0.4, 0.5) is 0 Å². The monoisotopic (exact) mass is 529 g/mol. The molecule has 0 bridgehead atoms. The Labute approximate surface area is 215 Å². The number of nitrogens with zero attached hydrogens (tertiary/aromatic N) is 3. The molecule has 0 unspecified atom stereocenters. The van der Waals surface area contributed by atoms with Gasteiger partial charge in [0.1, 0.15) is 0 Å². The number of rotatable bonds is 5. The van der Waals surface area contributed by atoms with Crippen LogP contribution in [0.25, 0.3) is 0 Å². The quantitative estimate of drug-likeness (QED) is 0.495. The molecule has 1 atom stereocenters.